The number of amides is 1. The Morgan fingerprint density at radius 2 is 2.06 bits per heavy atom. The highest BCUT2D eigenvalue weighted by molar-refractivity contribution is 6.30. The Bertz CT molecular complexity index is 1140. The number of carbonyl (C=O) groups excluding carboxylic acids is 2. The van der Waals surface area contributed by atoms with E-state index in [1.54, 1.807) is 13.2 Å². The lowest BCUT2D eigenvalue weighted by Gasteiger charge is -2.45. The SMILES string of the molecule is CCCCC(=O)c1c(O)c(=O)c(C(=O)NCc2cccc(Cl)c2F)cn1C[C@]1(C)C[C@H](OC)C1. The van der Waals surface area contributed by atoms with Crippen molar-refractivity contribution >= 4 is 23.3 Å². The number of Topliss-reactive ketones (excluding diaryl/α,β-unsaturated/α-hetero) is 1. The third-order valence-corrected chi connectivity index (χ3v) is 6.61. The highest BCUT2D eigenvalue weighted by Gasteiger charge is 2.41. The quantitative estimate of drug-likeness (QED) is 0.477. The van der Waals surface area contributed by atoms with E-state index in [4.69, 9.17) is 16.3 Å². The number of rotatable bonds is 10. The van der Waals surface area contributed by atoms with E-state index < -0.39 is 22.9 Å². The molecule has 0 radical (unpaired) electrons. The van der Waals surface area contributed by atoms with Gasteiger partial charge in [0.05, 0.1) is 11.1 Å². The van der Waals surface area contributed by atoms with Crippen molar-refractivity contribution < 1.29 is 23.8 Å². The van der Waals surface area contributed by atoms with Crippen LogP contribution in [0.3, 0.4) is 0 Å². The van der Waals surface area contributed by atoms with Gasteiger partial charge in [0.1, 0.15) is 17.1 Å². The summed E-state index contributed by atoms with van der Waals surface area (Å²) in [6.45, 7) is 4.10. The summed E-state index contributed by atoms with van der Waals surface area (Å²) in [5.41, 5.74) is -1.41. The van der Waals surface area contributed by atoms with E-state index in [1.807, 2.05) is 13.8 Å². The molecule has 34 heavy (non-hydrogen) atoms. The molecule has 3 rings (SSSR count). The van der Waals surface area contributed by atoms with Crippen LogP contribution in [0.4, 0.5) is 4.39 Å². The molecule has 1 aliphatic carbocycles. The molecule has 1 aliphatic rings. The van der Waals surface area contributed by atoms with Crippen molar-refractivity contribution in [1.29, 1.82) is 0 Å². The Morgan fingerprint density at radius 3 is 2.71 bits per heavy atom. The maximum absolute atomic E-state index is 14.2. The fraction of sp³-hybridized carbons (Fsp3) is 0.480. The Kier molecular flexibility index (Phi) is 8.15. The van der Waals surface area contributed by atoms with Crippen LogP contribution >= 0.6 is 11.6 Å². The van der Waals surface area contributed by atoms with Crippen molar-refractivity contribution in [3.05, 3.63) is 62.3 Å². The van der Waals surface area contributed by atoms with Crippen LogP contribution in [-0.4, -0.2) is 34.6 Å². The van der Waals surface area contributed by atoms with Crippen LogP contribution in [-0.2, 0) is 17.8 Å². The zero-order valence-corrected chi connectivity index (χ0v) is 20.4. The average molecular weight is 493 g/mol. The van der Waals surface area contributed by atoms with Gasteiger partial charge in [0.2, 0.25) is 5.43 Å². The van der Waals surface area contributed by atoms with Crippen LogP contribution in [0.1, 0.15) is 72.4 Å². The number of methoxy groups -OCH3 is 1. The standard InChI is InChI=1S/C25H30ClFN2O5/c1-4-5-9-19(30)21-23(32)22(31)17(13-29(21)14-25(2)10-16(11-25)34-3)24(33)28-12-15-7-6-8-18(26)20(15)27/h6-8,13,16,32H,4-5,9-12,14H2,1-3H3,(H,28,33)/t16-,25+. The summed E-state index contributed by atoms with van der Waals surface area (Å²) >= 11 is 5.78. The molecule has 2 N–H and O–H groups in total. The second-order valence-corrected chi connectivity index (χ2v) is 9.60. The van der Waals surface area contributed by atoms with E-state index in [0.717, 1.165) is 19.3 Å². The second kappa shape index (κ2) is 10.7. The zero-order valence-electron chi connectivity index (χ0n) is 19.6. The molecule has 1 fully saturated rings. The lowest BCUT2D eigenvalue weighted by atomic mass is 9.68. The summed E-state index contributed by atoms with van der Waals surface area (Å²) in [5, 5.41) is 13.1. The largest absolute Gasteiger partial charge is 0.503 e. The molecule has 1 heterocycles. The van der Waals surface area contributed by atoms with Gasteiger partial charge in [-0.25, -0.2) is 4.39 Å². The molecule has 184 valence electrons. The first-order valence-corrected chi connectivity index (χ1v) is 11.7. The topological polar surface area (TPSA) is 97.6 Å². The number of nitrogens with zero attached hydrogens (tertiary/aromatic N) is 1. The molecule has 1 aromatic heterocycles. The van der Waals surface area contributed by atoms with Gasteiger partial charge in [0.15, 0.2) is 11.5 Å². The van der Waals surface area contributed by atoms with Gasteiger partial charge < -0.3 is 19.7 Å². The molecule has 0 spiro atoms. The zero-order chi connectivity index (χ0) is 25.0. The number of aromatic hydroxyl groups is 1. The van der Waals surface area contributed by atoms with Gasteiger partial charge in [-0.05, 0) is 30.7 Å². The van der Waals surface area contributed by atoms with Crippen molar-refractivity contribution in [3.8, 4) is 5.75 Å². The minimum atomic E-state index is -0.936. The summed E-state index contributed by atoms with van der Waals surface area (Å²) in [7, 11) is 1.64. The molecule has 1 aromatic carbocycles. The summed E-state index contributed by atoms with van der Waals surface area (Å²) in [6.07, 6.45) is 4.49. The van der Waals surface area contributed by atoms with Gasteiger partial charge in [-0.1, -0.05) is 44.0 Å². The van der Waals surface area contributed by atoms with Crippen molar-refractivity contribution in [2.75, 3.05) is 7.11 Å². The van der Waals surface area contributed by atoms with Crippen molar-refractivity contribution in [3.63, 3.8) is 0 Å². The number of nitrogens with one attached hydrogen (secondary N) is 1. The summed E-state index contributed by atoms with van der Waals surface area (Å²) < 4.78 is 21.0. The molecule has 0 unspecified atom stereocenters. The van der Waals surface area contributed by atoms with E-state index in [0.29, 0.717) is 13.0 Å². The normalized spacial score (nSPS) is 19.5. The third-order valence-electron chi connectivity index (χ3n) is 6.32. The highest BCUT2D eigenvalue weighted by Crippen LogP contribution is 2.44. The monoisotopic (exact) mass is 492 g/mol. The number of carbonyl (C=O) groups is 2. The van der Waals surface area contributed by atoms with Crippen LogP contribution in [0.25, 0.3) is 0 Å². The van der Waals surface area contributed by atoms with Gasteiger partial charge in [0, 0.05) is 38.4 Å². The van der Waals surface area contributed by atoms with Crippen LogP contribution in [0.15, 0.2) is 29.2 Å². The molecule has 0 bridgehead atoms. The van der Waals surface area contributed by atoms with Gasteiger partial charge in [-0.3, -0.25) is 14.4 Å². The maximum atomic E-state index is 14.2. The number of halogens is 2. The number of pyridine rings is 1. The number of aromatic nitrogens is 1. The molecule has 7 nitrogen and oxygen atoms in total. The first kappa shape index (κ1) is 25.9. The van der Waals surface area contributed by atoms with E-state index in [-0.39, 0.29) is 52.1 Å². The van der Waals surface area contributed by atoms with Crippen LogP contribution in [0.5, 0.6) is 5.75 Å². The predicted octanol–water partition coefficient (Wildman–Crippen LogP) is 4.46. The Morgan fingerprint density at radius 1 is 1.35 bits per heavy atom. The average Bonchev–Trinajstić information content (AvgIpc) is 2.78. The number of benzene rings is 1. The highest BCUT2D eigenvalue weighted by atomic mass is 35.5. The van der Waals surface area contributed by atoms with Gasteiger partial charge in [-0.15, -0.1) is 0 Å². The first-order valence-electron chi connectivity index (χ1n) is 11.3. The van der Waals surface area contributed by atoms with Crippen LogP contribution in [0, 0.1) is 11.2 Å². The van der Waals surface area contributed by atoms with E-state index in [9.17, 15) is 23.9 Å². The summed E-state index contributed by atoms with van der Waals surface area (Å²) in [6, 6.07) is 4.41. The number of ether oxygens (including phenoxy) is 1. The Labute approximate surface area is 202 Å². The van der Waals surface area contributed by atoms with Crippen molar-refractivity contribution in [2.45, 2.75) is 65.1 Å². The molecule has 2 aromatic rings. The molecule has 1 saturated carbocycles. The van der Waals surface area contributed by atoms with Crippen molar-refractivity contribution in [1.82, 2.24) is 9.88 Å². The van der Waals surface area contributed by atoms with Crippen LogP contribution in [0.2, 0.25) is 5.02 Å². The Hall–Kier alpha value is -2.71. The third kappa shape index (κ3) is 5.50. The van der Waals surface area contributed by atoms with Crippen LogP contribution < -0.4 is 10.7 Å². The number of ketones is 1. The molecular formula is C25H30ClFN2O5. The number of unbranched alkanes of at least 4 members (excludes halogenated alkanes) is 1. The Balaban J connectivity index is 1.93. The van der Waals surface area contributed by atoms with Gasteiger partial charge in [0.25, 0.3) is 5.91 Å². The van der Waals surface area contributed by atoms with Gasteiger partial charge in [-0.2, -0.15) is 0 Å². The lowest BCUT2D eigenvalue weighted by Crippen LogP contribution is -2.43. The van der Waals surface area contributed by atoms with E-state index in [1.165, 1.54) is 22.9 Å². The maximum Gasteiger partial charge on any atom is 0.257 e. The first-order chi connectivity index (χ1) is 16.1. The van der Waals surface area contributed by atoms with E-state index >= 15 is 0 Å². The summed E-state index contributed by atoms with van der Waals surface area (Å²) in [4.78, 5) is 38.6. The number of hydrogen-bond donors (Lipinski definition) is 2. The smallest absolute Gasteiger partial charge is 0.257 e. The molecule has 0 atom stereocenters. The molecular weight excluding hydrogens is 463 g/mol. The fourth-order valence-corrected chi connectivity index (χ4v) is 4.58. The summed E-state index contributed by atoms with van der Waals surface area (Å²) in [5.74, 6) is -2.54. The molecule has 0 aliphatic heterocycles. The molecule has 0 saturated heterocycles. The van der Waals surface area contributed by atoms with Gasteiger partial charge >= 0.3 is 0 Å². The lowest BCUT2D eigenvalue weighted by molar-refractivity contribution is -0.0579. The minimum Gasteiger partial charge on any atom is -0.503 e. The fourth-order valence-electron chi connectivity index (χ4n) is 4.39. The van der Waals surface area contributed by atoms with E-state index in [2.05, 4.69) is 5.32 Å². The predicted molar refractivity (Wildman–Crippen MR) is 127 cm³/mol. The van der Waals surface area contributed by atoms with Crippen molar-refractivity contribution in [2.24, 2.45) is 5.41 Å². The second-order valence-electron chi connectivity index (χ2n) is 9.20. The molecule has 9 heteroatoms. The molecule has 1 amide bonds. The number of hydrogen-bond acceptors (Lipinski definition) is 5. The minimum absolute atomic E-state index is 0.0789.